The number of hydrogen-bond donors (Lipinski definition) is 2. The zero-order valence-electron chi connectivity index (χ0n) is 21.0. The van der Waals surface area contributed by atoms with E-state index in [1.807, 2.05) is 32.0 Å². The summed E-state index contributed by atoms with van der Waals surface area (Å²) in [4.78, 5) is 12.6. The first kappa shape index (κ1) is 30.8. The number of nitrogens with zero attached hydrogens (tertiary/aromatic N) is 1. The van der Waals surface area contributed by atoms with Crippen LogP contribution in [-0.2, 0) is 9.53 Å². The lowest BCUT2D eigenvalue weighted by atomic mass is 9.89. The van der Waals surface area contributed by atoms with Crippen molar-refractivity contribution in [2.24, 2.45) is 11.5 Å². The fourth-order valence-electron chi connectivity index (χ4n) is 3.32. The molecule has 0 aliphatic rings. The molecule has 4 N–H and O–H groups in total. The van der Waals surface area contributed by atoms with Crippen LogP contribution in [0.2, 0.25) is 5.02 Å². The van der Waals surface area contributed by atoms with Gasteiger partial charge in [0.05, 0.1) is 11.6 Å². The molecule has 0 fully saturated rings. The molecule has 0 saturated heterocycles. The van der Waals surface area contributed by atoms with Crippen LogP contribution in [0.3, 0.4) is 0 Å². The van der Waals surface area contributed by atoms with E-state index in [2.05, 4.69) is 16.5 Å². The van der Waals surface area contributed by atoms with Crippen LogP contribution in [-0.4, -0.2) is 38.8 Å². The number of amides is 1. The fourth-order valence-corrected chi connectivity index (χ4v) is 3.57. The highest BCUT2D eigenvalue weighted by atomic mass is 35.5. The average molecular weight is 524 g/mol. The molecule has 0 aliphatic carbocycles. The van der Waals surface area contributed by atoms with Gasteiger partial charge in [-0.15, -0.1) is 0 Å². The third-order valence-electron chi connectivity index (χ3n) is 4.72. The standard InChI is InChI=1S/C24H24ClF2NO3.CH3NO.CH5N/c1-14(2)19-18(31-16-8-6-5-7-9-16)12-17(26)22(25)21(19)20-15(3)13-28-24(23(20)27)30-11-10-29-4;2-1-3;1-2/h5-9,12-14H,10-11H2,1-4H3;1H,(H2,2,3);2H2,1H3. The number of aromatic nitrogens is 1. The van der Waals surface area contributed by atoms with E-state index in [1.165, 1.54) is 26.4 Å². The summed E-state index contributed by atoms with van der Waals surface area (Å²) in [6.07, 6.45) is 1.73. The molecule has 0 unspecified atom stereocenters. The topological polar surface area (TPSA) is 110 Å². The van der Waals surface area contributed by atoms with Crippen LogP contribution in [0.5, 0.6) is 17.4 Å². The Hall–Kier alpha value is -3.27. The first-order valence-corrected chi connectivity index (χ1v) is 11.4. The maximum absolute atomic E-state index is 15.5. The number of rotatable bonds is 8. The third kappa shape index (κ3) is 7.87. The number of carbonyl (C=O) groups excluding carboxylic acids is 1. The van der Waals surface area contributed by atoms with Gasteiger partial charge in [0.1, 0.15) is 23.9 Å². The molecule has 3 aromatic rings. The van der Waals surface area contributed by atoms with E-state index < -0.39 is 11.6 Å². The van der Waals surface area contributed by atoms with Crippen molar-refractivity contribution in [3.63, 3.8) is 0 Å². The van der Waals surface area contributed by atoms with Gasteiger partial charge < -0.3 is 25.7 Å². The Kier molecular flexibility index (Phi) is 13.4. The summed E-state index contributed by atoms with van der Waals surface area (Å²) in [5.74, 6) is -0.946. The summed E-state index contributed by atoms with van der Waals surface area (Å²) in [5.41, 5.74) is 10.1. The van der Waals surface area contributed by atoms with Gasteiger partial charge >= 0.3 is 0 Å². The van der Waals surface area contributed by atoms with Crippen LogP contribution in [0.25, 0.3) is 11.1 Å². The van der Waals surface area contributed by atoms with Crippen molar-refractivity contribution < 1.29 is 27.8 Å². The second kappa shape index (κ2) is 15.7. The number of pyridine rings is 1. The number of ether oxygens (including phenoxy) is 3. The van der Waals surface area contributed by atoms with Gasteiger partial charge in [-0.2, -0.15) is 0 Å². The molecule has 0 bridgehead atoms. The molecule has 0 atom stereocenters. The lowest BCUT2D eigenvalue weighted by molar-refractivity contribution is -0.106. The van der Waals surface area contributed by atoms with Gasteiger partial charge in [-0.05, 0) is 37.6 Å². The number of benzene rings is 2. The molecule has 196 valence electrons. The largest absolute Gasteiger partial charge is 0.473 e. The van der Waals surface area contributed by atoms with Gasteiger partial charge in [-0.3, -0.25) is 4.79 Å². The molecule has 0 spiro atoms. The highest BCUT2D eigenvalue weighted by Crippen LogP contribution is 2.46. The van der Waals surface area contributed by atoms with Crippen LogP contribution in [0.15, 0.2) is 42.6 Å². The summed E-state index contributed by atoms with van der Waals surface area (Å²) >= 11 is 6.40. The molecular formula is C26H32ClF2N3O4. The minimum absolute atomic E-state index is 0.124. The Labute approximate surface area is 215 Å². The summed E-state index contributed by atoms with van der Waals surface area (Å²) in [6, 6.07) is 10.2. The second-order valence-corrected chi connectivity index (χ2v) is 7.82. The average Bonchev–Trinajstić information content (AvgIpc) is 2.85. The van der Waals surface area contributed by atoms with Crippen LogP contribution < -0.4 is 20.9 Å². The molecule has 0 radical (unpaired) electrons. The van der Waals surface area contributed by atoms with Gasteiger partial charge in [0.2, 0.25) is 6.41 Å². The van der Waals surface area contributed by atoms with Crippen molar-refractivity contribution in [2.75, 3.05) is 27.4 Å². The van der Waals surface area contributed by atoms with Gasteiger partial charge in [0, 0.05) is 36.1 Å². The molecule has 1 aromatic heterocycles. The first-order chi connectivity index (χ1) is 17.3. The van der Waals surface area contributed by atoms with E-state index in [0.717, 1.165) is 0 Å². The SMILES string of the molecule is CN.COCCOc1ncc(C)c(-c2c(Cl)c(F)cc(Oc3ccccc3)c2C(C)C)c1F.NC=O. The maximum atomic E-state index is 15.5. The van der Waals surface area contributed by atoms with Gasteiger partial charge in [0.25, 0.3) is 5.88 Å². The Morgan fingerprint density at radius 2 is 1.72 bits per heavy atom. The normalized spacial score (nSPS) is 10.1. The van der Waals surface area contributed by atoms with Crippen LogP contribution >= 0.6 is 11.6 Å². The molecular weight excluding hydrogens is 492 g/mol. The van der Waals surface area contributed by atoms with E-state index >= 15 is 4.39 Å². The van der Waals surface area contributed by atoms with Crippen molar-refractivity contribution in [1.29, 1.82) is 0 Å². The minimum atomic E-state index is -0.712. The predicted molar refractivity (Wildman–Crippen MR) is 138 cm³/mol. The molecule has 0 aliphatic heterocycles. The Balaban J connectivity index is 0.00000120. The molecule has 0 saturated carbocycles. The molecule has 7 nitrogen and oxygen atoms in total. The van der Waals surface area contributed by atoms with Crippen LogP contribution in [0.1, 0.15) is 30.9 Å². The third-order valence-corrected chi connectivity index (χ3v) is 5.09. The highest BCUT2D eigenvalue weighted by molar-refractivity contribution is 6.34. The number of aryl methyl sites for hydroxylation is 1. The van der Waals surface area contributed by atoms with Crippen molar-refractivity contribution in [3.05, 3.63) is 70.4 Å². The summed E-state index contributed by atoms with van der Waals surface area (Å²) < 4.78 is 46.7. The van der Waals surface area contributed by atoms with Gasteiger partial charge in [-0.1, -0.05) is 43.6 Å². The summed E-state index contributed by atoms with van der Waals surface area (Å²) in [6.45, 7) is 5.91. The number of para-hydroxylation sites is 1. The molecule has 1 heterocycles. The number of nitrogens with two attached hydrogens (primary N) is 2. The zero-order chi connectivity index (χ0) is 27.3. The van der Waals surface area contributed by atoms with Crippen molar-refractivity contribution >= 4 is 18.0 Å². The number of halogens is 3. The number of primary amides is 1. The van der Waals surface area contributed by atoms with E-state index in [9.17, 15) is 4.39 Å². The summed E-state index contributed by atoms with van der Waals surface area (Å²) in [7, 11) is 3.02. The minimum Gasteiger partial charge on any atom is -0.473 e. The quantitative estimate of drug-likeness (QED) is 0.293. The highest BCUT2D eigenvalue weighted by Gasteiger charge is 2.27. The maximum Gasteiger partial charge on any atom is 0.251 e. The van der Waals surface area contributed by atoms with E-state index in [4.69, 9.17) is 30.6 Å². The molecule has 36 heavy (non-hydrogen) atoms. The number of methoxy groups -OCH3 is 1. The van der Waals surface area contributed by atoms with E-state index in [-0.39, 0.29) is 53.3 Å². The molecule has 10 heteroatoms. The molecule has 1 amide bonds. The Morgan fingerprint density at radius 1 is 1.11 bits per heavy atom. The summed E-state index contributed by atoms with van der Waals surface area (Å²) in [5, 5.41) is -0.180. The molecule has 3 rings (SSSR count). The van der Waals surface area contributed by atoms with Gasteiger partial charge in [0.15, 0.2) is 5.82 Å². The predicted octanol–water partition coefficient (Wildman–Crippen LogP) is 5.61. The second-order valence-electron chi connectivity index (χ2n) is 7.44. The van der Waals surface area contributed by atoms with Crippen molar-refractivity contribution in [1.82, 2.24) is 4.98 Å². The lowest BCUT2D eigenvalue weighted by Crippen LogP contribution is -2.09. The lowest BCUT2D eigenvalue weighted by Gasteiger charge is -2.22. The zero-order valence-corrected chi connectivity index (χ0v) is 21.7. The van der Waals surface area contributed by atoms with Crippen molar-refractivity contribution in [3.8, 4) is 28.5 Å². The van der Waals surface area contributed by atoms with E-state index in [1.54, 1.807) is 19.1 Å². The van der Waals surface area contributed by atoms with Gasteiger partial charge in [-0.25, -0.2) is 13.8 Å². The fraction of sp³-hybridized carbons (Fsp3) is 0.308. The van der Waals surface area contributed by atoms with E-state index in [0.29, 0.717) is 16.9 Å². The van der Waals surface area contributed by atoms with Crippen LogP contribution in [0.4, 0.5) is 8.78 Å². The Morgan fingerprint density at radius 3 is 2.28 bits per heavy atom. The smallest absolute Gasteiger partial charge is 0.251 e. The Bertz CT molecular complexity index is 1120. The monoisotopic (exact) mass is 523 g/mol. The molecule has 2 aromatic carbocycles. The first-order valence-electron chi connectivity index (χ1n) is 11.0. The number of hydrogen-bond acceptors (Lipinski definition) is 6. The van der Waals surface area contributed by atoms with Crippen molar-refractivity contribution in [2.45, 2.75) is 26.7 Å². The van der Waals surface area contributed by atoms with Crippen LogP contribution in [0, 0.1) is 18.6 Å². The number of carbonyl (C=O) groups is 1.